The highest BCUT2D eigenvalue weighted by Crippen LogP contribution is 2.08. The van der Waals surface area contributed by atoms with Crippen LogP contribution in [0, 0.1) is 0 Å². The first-order valence-electron chi connectivity index (χ1n) is 13.6. The van der Waals surface area contributed by atoms with Crippen LogP contribution < -0.4 is 5.32 Å². The Kier molecular flexibility index (Phi) is 24.9. The minimum absolute atomic E-state index is 0.139. The van der Waals surface area contributed by atoms with Crippen molar-refractivity contribution in [1.82, 2.24) is 10.2 Å². The van der Waals surface area contributed by atoms with Gasteiger partial charge in [-0.15, -0.1) is 0 Å². The molecule has 0 bridgehead atoms. The Balaban J connectivity index is 3.73. The van der Waals surface area contributed by atoms with Gasteiger partial charge in [0.2, 0.25) is 5.91 Å². The van der Waals surface area contributed by atoms with Gasteiger partial charge in [-0.1, -0.05) is 64.5 Å². The van der Waals surface area contributed by atoms with Gasteiger partial charge in [0.1, 0.15) is 0 Å². The summed E-state index contributed by atoms with van der Waals surface area (Å²) < 4.78 is 5.61. The van der Waals surface area contributed by atoms with E-state index in [0.717, 1.165) is 64.8 Å². The molecule has 196 valence electrons. The maximum absolute atomic E-state index is 12.0. The monoisotopic (exact) mass is 470 g/mol. The van der Waals surface area contributed by atoms with Crippen LogP contribution in [0.2, 0.25) is 0 Å². The molecule has 0 fully saturated rings. The second kappa shape index (κ2) is 25.7. The fourth-order valence-electron chi connectivity index (χ4n) is 3.64. The Morgan fingerprint density at radius 1 is 0.879 bits per heavy atom. The molecule has 0 saturated heterocycles. The normalized spacial score (nSPS) is 12.6. The van der Waals surface area contributed by atoms with Gasteiger partial charge in [-0.05, 0) is 51.5 Å². The molecule has 1 unspecified atom stereocenters. The summed E-state index contributed by atoms with van der Waals surface area (Å²) in [6, 6.07) is 0. The van der Waals surface area contributed by atoms with Gasteiger partial charge >= 0.3 is 0 Å². The van der Waals surface area contributed by atoms with E-state index in [2.05, 4.69) is 36.2 Å². The van der Waals surface area contributed by atoms with Crippen molar-refractivity contribution >= 4 is 5.91 Å². The molecule has 0 aromatic carbocycles. The van der Waals surface area contributed by atoms with Crippen molar-refractivity contribution in [1.29, 1.82) is 0 Å². The zero-order valence-corrected chi connectivity index (χ0v) is 21.7. The Hall–Kier alpha value is -0.950. The van der Waals surface area contributed by atoms with Crippen LogP contribution in [-0.2, 0) is 9.53 Å². The number of ether oxygens (including phenoxy) is 1. The number of aliphatic hydroxyl groups is 2. The van der Waals surface area contributed by atoms with E-state index in [1.54, 1.807) is 0 Å². The van der Waals surface area contributed by atoms with Gasteiger partial charge in [0.15, 0.2) is 0 Å². The molecule has 0 spiro atoms. The quantitative estimate of drug-likeness (QED) is 0.131. The third-order valence-electron chi connectivity index (χ3n) is 5.72. The van der Waals surface area contributed by atoms with E-state index < -0.39 is 6.10 Å². The van der Waals surface area contributed by atoms with Crippen molar-refractivity contribution < 1.29 is 19.7 Å². The van der Waals surface area contributed by atoms with E-state index in [-0.39, 0.29) is 12.5 Å². The molecule has 0 aromatic heterocycles. The molecule has 0 aromatic rings. The molecule has 1 amide bonds. The molecule has 1 atom stereocenters. The van der Waals surface area contributed by atoms with Crippen LogP contribution in [-0.4, -0.2) is 73.1 Å². The number of hydrogen-bond acceptors (Lipinski definition) is 5. The molecule has 0 radical (unpaired) electrons. The summed E-state index contributed by atoms with van der Waals surface area (Å²) in [6.07, 6.45) is 19.2. The standard InChI is InChI=1S/C27H54N2O4/c1-3-5-7-8-9-10-11-12-13-14-15-18-27(32)28-19-16-20-29(24-26(31)25-30)21-17-23-33-22-6-4-2/h8-9,26,30-31H,3-7,10-25H2,1-2H3,(H,28,32)/b9-8-. The highest BCUT2D eigenvalue weighted by Gasteiger charge is 2.11. The molecular weight excluding hydrogens is 416 g/mol. The Morgan fingerprint density at radius 3 is 2.24 bits per heavy atom. The van der Waals surface area contributed by atoms with Crippen molar-refractivity contribution in [2.24, 2.45) is 0 Å². The minimum Gasteiger partial charge on any atom is -0.394 e. The molecule has 33 heavy (non-hydrogen) atoms. The van der Waals surface area contributed by atoms with Gasteiger partial charge in [-0.2, -0.15) is 0 Å². The summed E-state index contributed by atoms with van der Waals surface area (Å²) in [4.78, 5) is 14.2. The first-order valence-corrected chi connectivity index (χ1v) is 13.6. The second-order valence-electron chi connectivity index (χ2n) is 9.08. The summed E-state index contributed by atoms with van der Waals surface area (Å²) in [5, 5.41) is 21.9. The molecule has 3 N–H and O–H groups in total. The molecule has 0 aliphatic carbocycles. The zero-order valence-electron chi connectivity index (χ0n) is 21.7. The highest BCUT2D eigenvalue weighted by molar-refractivity contribution is 5.75. The van der Waals surface area contributed by atoms with Crippen molar-refractivity contribution in [2.45, 2.75) is 110 Å². The van der Waals surface area contributed by atoms with E-state index in [4.69, 9.17) is 9.84 Å². The molecular formula is C27H54N2O4. The predicted molar refractivity (Wildman–Crippen MR) is 138 cm³/mol. The highest BCUT2D eigenvalue weighted by atomic mass is 16.5. The van der Waals surface area contributed by atoms with Crippen molar-refractivity contribution in [3.05, 3.63) is 12.2 Å². The van der Waals surface area contributed by atoms with Crippen LogP contribution >= 0.6 is 0 Å². The summed E-state index contributed by atoms with van der Waals surface area (Å²) >= 11 is 0. The Bertz CT molecular complexity index is 446. The predicted octanol–water partition coefficient (Wildman–Crippen LogP) is 4.83. The lowest BCUT2D eigenvalue weighted by molar-refractivity contribution is -0.121. The van der Waals surface area contributed by atoms with Crippen molar-refractivity contribution in [2.75, 3.05) is 46.0 Å². The fraction of sp³-hybridized carbons (Fsp3) is 0.889. The van der Waals surface area contributed by atoms with E-state index in [1.165, 1.54) is 44.9 Å². The Labute approximate surface area is 204 Å². The number of rotatable bonds is 25. The SMILES string of the molecule is CCCC/C=C\CCCCCCCC(=O)NCCCN(CCCOCCCC)CC(O)CO. The molecule has 0 heterocycles. The Morgan fingerprint density at radius 2 is 1.52 bits per heavy atom. The van der Waals surface area contributed by atoms with E-state index in [1.807, 2.05) is 0 Å². The number of amides is 1. The van der Waals surface area contributed by atoms with Crippen LogP contribution in [0.15, 0.2) is 12.2 Å². The second-order valence-corrected chi connectivity index (χ2v) is 9.08. The van der Waals surface area contributed by atoms with Crippen LogP contribution in [0.25, 0.3) is 0 Å². The van der Waals surface area contributed by atoms with Crippen LogP contribution in [0.5, 0.6) is 0 Å². The molecule has 0 aliphatic rings. The maximum atomic E-state index is 12.0. The number of nitrogens with zero attached hydrogens (tertiary/aromatic N) is 1. The first kappa shape index (κ1) is 32.0. The van der Waals surface area contributed by atoms with Gasteiger partial charge in [-0.25, -0.2) is 0 Å². The number of unbranched alkanes of at least 4 members (excludes halogenated alkanes) is 8. The largest absolute Gasteiger partial charge is 0.394 e. The molecule has 6 heteroatoms. The van der Waals surface area contributed by atoms with Crippen LogP contribution in [0.1, 0.15) is 104 Å². The van der Waals surface area contributed by atoms with Gasteiger partial charge in [0, 0.05) is 39.3 Å². The topological polar surface area (TPSA) is 82.0 Å². The lowest BCUT2D eigenvalue weighted by Crippen LogP contribution is -2.37. The number of aliphatic hydroxyl groups excluding tert-OH is 2. The average molecular weight is 471 g/mol. The van der Waals surface area contributed by atoms with Crippen molar-refractivity contribution in [3.63, 3.8) is 0 Å². The summed E-state index contributed by atoms with van der Waals surface area (Å²) in [7, 11) is 0. The van der Waals surface area contributed by atoms with E-state index in [0.29, 0.717) is 19.5 Å². The number of carbonyl (C=O) groups is 1. The smallest absolute Gasteiger partial charge is 0.219 e. The average Bonchev–Trinajstić information content (AvgIpc) is 2.82. The number of nitrogens with one attached hydrogen (secondary N) is 1. The van der Waals surface area contributed by atoms with Crippen LogP contribution in [0.3, 0.4) is 0 Å². The third-order valence-corrected chi connectivity index (χ3v) is 5.72. The van der Waals surface area contributed by atoms with Gasteiger partial charge in [0.05, 0.1) is 12.7 Å². The summed E-state index contributed by atoms with van der Waals surface area (Å²) in [5.41, 5.74) is 0. The molecule has 6 nitrogen and oxygen atoms in total. The lowest BCUT2D eigenvalue weighted by atomic mass is 10.1. The summed E-state index contributed by atoms with van der Waals surface area (Å²) in [5.74, 6) is 0.139. The van der Waals surface area contributed by atoms with Gasteiger partial charge in [-0.3, -0.25) is 4.79 Å². The van der Waals surface area contributed by atoms with Crippen molar-refractivity contribution in [3.8, 4) is 0 Å². The zero-order chi connectivity index (χ0) is 24.4. The lowest BCUT2D eigenvalue weighted by Gasteiger charge is -2.24. The van der Waals surface area contributed by atoms with Gasteiger partial charge < -0.3 is 25.2 Å². The maximum Gasteiger partial charge on any atom is 0.219 e. The third kappa shape index (κ3) is 24.0. The fourth-order valence-corrected chi connectivity index (χ4v) is 3.64. The van der Waals surface area contributed by atoms with Gasteiger partial charge in [0.25, 0.3) is 0 Å². The number of hydrogen-bond donors (Lipinski definition) is 3. The molecule has 0 saturated carbocycles. The van der Waals surface area contributed by atoms with E-state index in [9.17, 15) is 9.90 Å². The summed E-state index contributed by atoms with van der Waals surface area (Å²) in [6.45, 7) is 8.39. The number of allylic oxidation sites excluding steroid dienone is 2. The first-order chi connectivity index (χ1) is 16.1. The molecule has 0 aliphatic heterocycles. The van der Waals surface area contributed by atoms with E-state index >= 15 is 0 Å². The minimum atomic E-state index is -0.724. The molecule has 0 rings (SSSR count). The number of carbonyl (C=O) groups excluding carboxylic acids is 1. The van der Waals surface area contributed by atoms with Crippen LogP contribution in [0.4, 0.5) is 0 Å².